The fraction of sp³-hybridized carbons (Fsp3) is 0.636. The summed E-state index contributed by atoms with van der Waals surface area (Å²) in [4.78, 5) is 8.92. The Balaban J connectivity index is 2.32. The second kappa shape index (κ2) is 4.45. The fourth-order valence-corrected chi connectivity index (χ4v) is 2.08. The highest BCUT2D eigenvalue weighted by Gasteiger charge is 2.16. The number of hydrogen-bond donors (Lipinski definition) is 1. The molecule has 0 radical (unpaired) electrons. The summed E-state index contributed by atoms with van der Waals surface area (Å²) in [7, 11) is 0. The summed E-state index contributed by atoms with van der Waals surface area (Å²) >= 11 is 6.14. The van der Waals surface area contributed by atoms with E-state index in [4.69, 9.17) is 11.6 Å². The molecular formula is C11H16ClN3. The Labute approximate surface area is 95.3 Å². The molecule has 0 spiro atoms. The molecule has 15 heavy (non-hydrogen) atoms. The van der Waals surface area contributed by atoms with Crippen LogP contribution in [0.1, 0.15) is 30.9 Å². The van der Waals surface area contributed by atoms with Crippen molar-refractivity contribution in [3.05, 3.63) is 22.2 Å². The highest BCUT2D eigenvalue weighted by atomic mass is 35.5. The van der Waals surface area contributed by atoms with E-state index in [2.05, 4.69) is 29.1 Å². The van der Waals surface area contributed by atoms with E-state index in [1.54, 1.807) is 0 Å². The number of rotatable bonds is 2. The number of nitrogens with zero attached hydrogens (tertiary/aromatic N) is 2. The Bertz CT molecular complexity index is 363. The number of aromatic nitrogens is 2. The lowest BCUT2D eigenvalue weighted by molar-refractivity contribution is 0.591. The van der Waals surface area contributed by atoms with E-state index in [0.717, 1.165) is 43.0 Å². The Morgan fingerprint density at radius 2 is 2.20 bits per heavy atom. The number of fused-ring (bicyclic) bond motifs is 1. The summed E-state index contributed by atoms with van der Waals surface area (Å²) in [5.41, 5.74) is 2.21. The zero-order valence-corrected chi connectivity index (χ0v) is 9.93. The van der Waals surface area contributed by atoms with Crippen molar-refractivity contribution >= 4 is 11.6 Å². The van der Waals surface area contributed by atoms with Crippen LogP contribution in [0.25, 0.3) is 0 Å². The zero-order valence-electron chi connectivity index (χ0n) is 9.18. The van der Waals surface area contributed by atoms with Gasteiger partial charge in [0.05, 0.1) is 5.69 Å². The fourth-order valence-electron chi connectivity index (χ4n) is 1.81. The van der Waals surface area contributed by atoms with Crippen molar-refractivity contribution in [1.29, 1.82) is 0 Å². The zero-order chi connectivity index (χ0) is 10.8. The maximum absolute atomic E-state index is 6.14. The quantitative estimate of drug-likeness (QED) is 0.783. The molecule has 2 heterocycles. The predicted octanol–water partition coefficient (Wildman–Crippen LogP) is 1.97. The molecule has 0 bridgehead atoms. The van der Waals surface area contributed by atoms with Gasteiger partial charge in [-0.3, -0.25) is 0 Å². The minimum atomic E-state index is 0.570. The normalized spacial score (nSPS) is 15.5. The van der Waals surface area contributed by atoms with Crippen molar-refractivity contribution in [3.8, 4) is 0 Å². The average Bonchev–Trinajstić information content (AvgIpc) is 2.16. The van der Waals surface area contributed by atoms with Crippen LogP contribution in [0.15, 0.2) is 0 Å². The lowest BCUT2D eigenvalue weighted by atomic mass is 10.1. The van der Waals surface area contributed by atoms with Crippen LogP contribution in [-0.2, 0) is 19.4 Å². The Kier molecular flexibility index (Phi) is 3.22. The number of nitrogens with one attached hydrogen (secondary N) is 1. The third kappa shape index (κ3) is 2.47. The Morgan fingerprint density at radius 1 is 1.40 bits per heavy atom. The molecule has 0 atom stereocenters. The van der Waals surface area contributed by atoms with Gasteiger partial charge in [-0.2, -0.15) is 0 Å². The van der Waals surface area contributed by atoms with Crippen molar-refractivity contribution in [3.63, 3.8) is 0 Å². The first-order valence-corrected chi connectivity index (χ1v) is 5.79. The molecule has 4 heteroatoms. The molecule has 1 aliphatic rings. The van der Waals surface area contributed by atoms with Gasteiger partial charge in [0, 0.05) is 31.5 Å². The minimum absolute atomic E-state index is 0.570. The standard InChI is InChI=1S/C11H16ClN3/c1-7(2)5-10-14-9-3-4-13-6-8(9)11(12)15-10/h7,13H,3-6H2,1-2H3. The van der Waals surface area contributed by atoms with E-state index in [-0.39, 0.29) is 0 Å². The lowest BCUT2D eigenvalue weighted by Gasteiger charge is -2.18. The van der Waals surface area contributed by atoms with Crippen LogP contribution in [0.3, 0.4) is 0 Å². The number of hydrogen-bond acceptors (Lipinski definition) is 3. The maximum atomic E-state index is 6.14. The number of halogens is 1. The summed E-state index contributed by atoms with van der Waals surface area (Å²) in [5.74, 6) is 1.46. The van der Waals surface area contributed by atoms with Crippen LogP contribution >= 0.6 is 11.6 Å². The molecule has 0 saturated heterocycles. The smallest absolute Gasteiger partial charge is 0.137 e. The minimum Gasteiger partial charge on any atom is -0.312 e. The molecule has 1 aromatic rings. The molecule has 1 N–H and O–H groups in total. The molecule has 3 nitrogen and oxygen atoms in total. The largest absolute Gasteiger partial charge is 0.312 e. The SMILES string of the molecule is CC(C)Cc1nc(Cl)c2c(n1)CCNC2. The summed E-state index contributed by atoms with van der Waals surface area (Å²) in [6.45, 7) is 6.12. The van der Waals surface area contributed by atoms with Gasteiger partial charge in [0.2, 0.25) is 0 Å². The molecule has 82 valence electrons. The van der Waals surface area contributed by atoms with Gasteiger partial charge in [-0.05, 0) is 5.92 Å². The lowest BCUT2D eigenvalue weighted by Crippen LogP contribution is -2.26. The van der Waals surface area contributed by atoms with E-state index in [9.17, 15) is 0 Å². The van der Waals surface area contributed by atoms with Crippen molar-refractivity contribution < 1.29 is 0 Å². The van der Waals surface area contributed by atoms with Gasteiger partial charge < -0.3 is 5.32 Å². The summed E-state index contributed by atoms with van der Waals surface area (Å²) in [6, 6.07) is 0. The Morgan fingerprint density at radius 3 is 2.93 bits per heavy atom. The van der Waals surface area contributed by atoms with Gasteiger partial charge in [0.25, 0.3) is 0 Å². The molecular weight excluding hydrogens is 210 g/mol. The van der Waals surface area contributed by atoms with Crippen LogP contribution < -0.4 is 5.32 Å². The summed E-state index contributed by atoms with van der Waals surface area (Å²) in [6.07, 6.45) is 1.86. The topological polar surface area (TPSA) is 37.8 Å². The van der Waals surface area contributed by atoms with Gasteiger partial charge in [-0.15, -0.1) is 0 Å². The highest BCUT2D eigenvalue weighted by Crippen LogP contribution is 2.20. The highest BCUT2D eigenvalue weighted by molar-refractivity contribution is 6.30. The van der Waals surface area contributed by atoms with Crippen molar-refractivity contribution in [1.82, 2.24) is 15.3 Å². The molecule has 2 rings (SSSR count). The van der Waals surface area contributed by atoms with Gasteiger partial charge >= 0.3 is 0 Å². The molecule has 0 aromatic carbocycles. The van der Waals surface area contributed by atoms with E-state index in [0.29, 0.717) is 11.1 Å². The molecule has 1 aromatic heterocycles. The average molecular weight is 226 g/mol. The van der Waals surface area contributed by atoms with Crippen LogP contribution in [0.2, 0.25) is 5.15 Å². The van der Waals surface area contributed by atoms with Crippen molar-refractivity contribution in [2.45, 2.75) is 33.2 Å². The van der Waals surface area contributed by atoms with Crippen LogP contribution in [0.5, 0.6) is 0 Å². The molecule has 0 unspecified atom stereocenters. The van der Waals surface area contributed by atoms with Crippen molar-refractivity contribution in [2.24, 2.45) is 5.92 Å². The van der Waals surface area contributed by atoms with Crippen LogP contribution in [0.4, 0.5) is 0 Å². The second-order valence-corrected chi connectivity index (χ2v) is 4.74. The van der Waals surface area contributed by atoms with Gasteiger partial charge in [0.1, 0.15) is 11.0 Å². The third-order valence-corrected chi connectivity index (χ3v) is 2.83. The second-order valence-electron chi connectivity index (χ2n) is 4.38. The van der Waals surface area contributed by atoms with Gasteiger partial charge in [0.15, 0.2) is 0 Å². The first kappa shape index (κ1) is 10.8. The summed E-state index contributed by atoms with van der Waals surface area (Å²) in [5, 5.41) is 3.91. The first-order valence-electron chi connectivity index (χ1n) is 5.41. The molecule has 1 aliphatic heterocycles. The van der Waals surface area contributed by atoms with Gasteiger partial charge in [-0.1, -0.05) is 25.4 Å². The van der Waals surface area contributed by atoms with Crippen LogP contribution in [-0.4, -0.2) is 16.5 Å². The van der Waals surface area contributed by atoms with E-state index >= 15 is 0 Å². The van der Waals surface area contributed by atoms with Crippen molar-refractivity contribution in [2.75, 3.05) is 6.54 Å². The van der Waals surface area contributed by atoms with E-state index < -0.39 is 0 Å². The van der Waals surface area contributed by atoms with Crippen LogP contribution in [0, 0.1) is 5.92 Å². The maximum Gasteiger partial charge on any atom is 0.137 e. The molecule has 0 amide bonds. The Hall–Kier alpha value is -0.670. The van der Waals surface area contributed by atoms with Gasteiger partial charge in [-0.25, -0.2) is 9.97 Å². The van der Waals surface area contributed by atoms with E-state index in [1.165, 1.54) is 0 Å². The summed E-state index contributed by atoms with van der Waals surface area (Å²) < 4.78 is 0. The molecule has 0 saturated carbocycles. The molecule has 0 aliphatic carbocycles. The first-order chi connectivity index (χ1) is 7.16. The molecule has 0 fully saturated rings. The monoisotopic (exact) mass is 225 g/mol. The van der Waals surface area contributed by atoms with E-state index in [1.807, 2.05) is 0 Å². The third-order valence-electron chi connectivity index (χ3n) is 2.52. The predicted molar refractivity (Wildman–Crippen MR) is 61.0 cm³/mol.